The van der Waals surface area contributed by atoms with E-state index in [4.69, 9.17) is 22.1 Å². The lowest BCUT2D eigenvalue weighted by atomic mass is 9.89. The van der Waals surface area contributed by atoms with E-state index in [9.17, 15) is 14.4 Å². The van der Waals surface area contributed by atoms with Crippen molar-refractivity contribution in [1.29, 1.82) is 0 Å². The Balaban J connectivity index is 1.34. The Kier molecular flexibility index (Phi) is 8.07. The fraction of sp³-hybridized carbons (Fsp3) is 0.226. The first-order valence-corrected chi connectivity index (χ1v) is 13.6. The van der Waals surface area contributed by atoms with Crippen molar-refractivity contribution in [2.75, 3.05) is 16.4 Å². The lowest BCUT2D eigenvalue weighted by Crippen LogP contribution is -2.47. The number of carbonyl (C=O) groups is 3. The van der Waals surface area contributed by atoms with Gasteiger partial charge >= 0.3 is 0 Å². The van der Waals surface area contributed by atoms with E-state index in [-0.39, 0.29) is 29.7 Å². The molecule has 3 amide bonds. The Morgan fingerprint density at radius 2 is 1.76 bits per heavy atom. The zero-order chi connectivity index (χ0) is 29.1. The van der Waals surface area contributed by atoms with Crippen LogP contribution in [0.1, 0.15) is 52.9 Å². The Morgan fingerprint density at radius 1 is 1.05 bits per heavy atom. The summed E-state index contributed by atoms with van der Waals surface area (Å²) in [6, 6.07) is 21.5. The molecule has 9 nitrogen and oxygen atoms in total. The highest BCUT2D eigenvalue weighted by Crippen LogP contribution is 2.43. The molecular formula is C31H30ClN5O4. The zero-order valence-electron chi connectivity index (χ0n) is 22.7. The number of benzene rings is 3. The number of hydrogen-bond donors (Lipinski definition) is 1. The molecule has 0 unspecified atom stereocenters. The first kappa shape index (κ1) is 27.9. The second-order valence-corrected chi connectivity index (χ2v) is 10.3. The van der Waals surface area contributed by atoms with Gasteiger partial charge in [-0.05, 0) is 73.5 Å². The van der Waals surface area contributed by atoms with E-state index in [1.807, 2.05) is 43.3 Å². The quantitative estimate of drug-likeness (QED) is 0.311. The largest absolute Gasteiger partial charge is 0.492 e. The van der Waals surface area contributed by atoms with Crippen LogP contribution in [0.4, 0.5) is 11.4 Å². The van der Waals surface area contributed by atoms with Gasteiger partial charge in [0.15, 0.2) is 5.82 Å². The number of nitrogens with two attached hydrogens (primary N) is 1. The first-order chi connectivity index (χ1) is 19.7. The summed E-state index contributed by atoms with van der Waals surface area (Å²) in [4.78, 5) is 45.7. The fourth-order valence-electron chi connectivity index (χ4n) is 5.33. The number of carbonyl (C=O) groups excluding carboxylic acids is 3. The monoisotopic (exact) mass is 571 g/mol. The van der Waals surface area contributed by atoms with Crippen molar-refractivity contribution >= 4 is 40.7 Å². The highest BCUT2D eigenvalue weighted by atomic mass is 35.5. The smallest absolute Gasteiger partial charge is 0.284 e. The second-order valence-electron chi connectivity index (χ2n) is 9.88. The second kappa shape index (κ2) is 11.9. The van der Waals surface area contributed by atoms with Crippen LogP contribution in [0, 0.1) is 0 Å². The van der Waals surface area contributed by atoms with E-state index in [1.165, 1.54) is 6.20 Å². The maximum atomic E-state index is 13.8. The fourth-order valence-corrected chi connectivity index (χ4v) is 5.45. The molecule has 1 aliphatic rings. The maximum Gasteiger partial charge on any atom is 0.284 e. The van der Waals surface area contributed by atoms with E-state index in [0.29, 0.717) is 35.9 Å². The van der Waals surface area contributed by atoms with Crippen molar-refractivity contribution in [3.8, 4) is 5.75 Å². The van der Waals surface area contributed by atoms with Crippen molar-refractivity contribution in [2.24, 2.45) is 5.73 Å². The van der Waals surface area contributed by atoms with Crippen molar-refractivity contribution in [3.05, 3.63) is 107 Å². The number of para-hydroxylation sites is 1. The Morgan fingerprint density at radius 3 is 2.44 bits per heavy atom. The van der Waals surface area contributed by atoms with Crippen LogP contribution in [0.5, 0.6) is 5.75 Å². The molecular weight excluding hydrogens is 542 g/mol. The van der Waals surface area contributed by atoms with Gasteiger partial charge in [-0.3, -0.25) is 14.4 Å². The number of imidazole rings is 1. The molecule has 3 aromatic carbocycles. The molecule has 0 aliphatic carbocycles. The lowest BCUT2D eigenvalue weighted by Gasteiger charge is -2.43. The van der Waals surface area contributed by atoms with Gasteiger partial charge in [0, 0.05) is 47.3 Å². The minimum absolute atomic E-state index is 0.0893. The number of hydrogen-bond acceptors (Lipinski definition) is 5. The average molecular weight is 572 g/mol. The number of amides is 3. The van der Waals surface area contributed by atoms with Crippen LogP contribution in [-0.2, 0) is 11.3 Å². The third kappa shape index (κ3) is 5.81. The first-order valence-electron chi connectivity index (χ1n) is 13.3. The van der Waals surface area contributed by atoms with Gasteiger partial charge < -0.3 is 24.8 Å². The molecule has 1 aliphatic heterocycles. The summed E-state index contributed by atoms with van der Waals surface area (Å²) in [5.41, 5.74) is 8.28. The molecule has 2 N–H and O–H groups in total. The Labute approximate surface area is 243 Å². The summed E-state index contributed by atoms with van der Waals surface area (Å²) in [6.45, 7) is 4.24. The molecule has 2 heterocycles. The van der Waals surface area contributed by atoms with Crippen LogP contribution in [0.2, 0.25) is 5.02 Å². The lowest BCUT2D eigenvalue weighted by molar-refractivity contribution is -0.117. The van der Waals surface area contributed by atoms with E-state index in [1.54, 1.807) is 63.9 Å². The highest BCUT2D eigenvalue weighted by molar-refractivity contribution is 6.30. The van der Waals surface area contributed by atoms with Gasteiger partial charge in [-0.25, -0.2) is 4.98 Å². The van der Waals surface area contributed by atoms with Gasteiger partial charge in [0.05, 0.1) is 12.6 Å². The van der Waals surface area contributed by atoms with E-state index in [2.05, 4.69) is 4.98 Å². The molecule has 0 saturated heterocycles. The number of halogens is 1. The van der Waals surface area contributed by atoms with Crippen molar-refractivity contribution in [3.63, 3.8) is 0 Å². The number of ether oxygens (including phenoxy) is 1. The van der Waals surface area contributed by atoms with Gasteiger partial charge in [0.1, 0.15) is 12.4 Å². The standard InChI is InChI=1S/C31H30ClN5O4/c1-20-19-28(37(21(2)38)24-11-9-23(32)10-12-24)26-5-3-4-6-27(26)36(20)31(40)22-7-13-25(14-8-22)41-18-17-35-16-15-34-30(35)29(33)39/h3-16,20,28H,17-19H2,1-2H3,(H2,33,39)/t20-,28+/m0/s1. The molecule has 2 atom stereocenters. The molecule has 0 radical (unpaired) electrons. The third-order valence-corrected chi connectivity index (χ3v) is 7.42. The molecule has 10 heteroatoms. The summed E-state index contributed by atoms with van der Waals surface area (Å²) in [5.74, 6) is -0.0626. The molecule has 210 valence electrons. The summed E-state index contributed by atoms with van der Waals surface area (Å²) < 4.78 is 7.44. The molecule has 0 fully saturated rings. The summed E-state index contributed by atoms with van der Waals surface area (Å²) in [5, 5.41) is 0.596. The Hall–Kier alpha value is -4.63. The predicted molar refractivity (Wildman–Crippen MR) is 157 cm³/mol. The third-order valence-electron chi connectivity index (χ3n) is 7.17. The van der Waals surface area contributed by atoms with Crippen molar-refractivity contribution < 1.29 is 19.1 Å². The molecule has 4 aromatic rings. The minimum Gasteiger partial charge on any atom is -0.492 e. The molecule has 0 saturated carbocycles. The van der Waals surface area contributed by atoms with Gasteiger partial charge in [-0.15, -0.1) is 0 Å². The number of nitrogens with zero attached hydrogens (tertiary/aromatic N) is 4. The number of aromatic nitrogens is 2. The van der Waals surface area contributed by atoms with Crippen LogP contribution in [0.25, 0.3) is 0 Å². The topological polar surface area (TPSA) is 111 Å². The van der Waals surface area contributed by atoms with Crippen LogP contribution in [0.3, 0.4) is 0 Å². The zero-order valence-corrected chi connectivity index (χ0v) is 23.5. The van der Waals surface area contributed by atoms with Gasteiger partial charge in [-0.2, -0.15) is 0 Å². The number of fused-ring (bicyclic) bond motifs is 1. The predicted octanol–water partition coefficient (Wildman–Crippen LogP) is 5.25. The minimum atomic E-state index is -0.600. The van der Waals surface area contributed by atoms with Gasteiger partial charge in [0.25, 0.3) is 11.8 Å². The summed E-state index contributed by atoms with van der Waals surface area (Å²) >= 11 is 6.10. The summed E-state index contributed by atoms with van der Waals surface area (Å²) in [7, 11) is 0. The van der Waals surface area contributed by atoms with E-state index >= 15 is 0 Å². The highest BCUT2D eigenvalue weighted by Gasteiger charge is 2.38. The van der Waals surface area contributed by atoms with Crippen molar-refractivity contribution in [2.45, 2.75) is 38.9 Å². The normalized spacial score (nSPS) is 16.1. The van der Waals surface area contributed by atoms with E-state index in [0.717, 1.165) is 16.9 Å². The van der Waals surface area contributed by atoms with Crippen LogP contribution in [0.15, 0.2) is 85.2 Å². The summed E-state index contributed by atoms with van der Waals surface area (Å²) in [6.07, 6.45) is 3.74. The molecule has 41 heavy (non-hydrogen) atoms. The molecule has 1 aromatic heterocycles. The molecule has 0 spiro atoms. The SMILES string of the molecule is CC(=O)N(c1ccc(Cl)cc1)[C@@H]1C[C@H](C)N(C(=O)c2ccc(OCCn3ccnc3C(N)=O)cc2)c2ccccc21. The van der Waals surface area contributed by atoms with Gasteiger partial charge in [0.2, 0.25) is 5.91 Å². The van der Waals surface area contributed by atoms with E-state index < -0.39 is 5.91 Å². The maximum absolute atomic E-state index is 13.8. The molecule has 0 bridgehead atoms. The molecule has 5 rings (SSSR count). The van der Waals surface area contributed by atoms with Crippen LogP contribution < -0.4 is 20.3 Å². The van der Waals surface area contributed by atoms with Crippen LogP contribution >= 0.6 is 11.6 Å². The number of primary amides is 1. The van der Waals surface area contributed by atoms with Gasteiger partial charge in [-0.1, -0.05) is 29.8 Å². The van der Waals surface area contributed by atoms with Crippen LogP contribution in [-0.4, -0.2) is 39.9 Å². The number of rotatable bonds is 8. The van der Waals surface area contributed by atoms with Crippen molar-refractivity contribution in [1.82, 2.24) is 9.55 Å². The average Bonchev–Trinajstić information content (AvgIpc) is 3.43. The Bertz CT molecular complexity index is 1570. The number of anilines is 2.